The van der Waals surface area contributed by atoms with E-state index >= 15 is 0 Å². The maximum atomic E-state index is 12.1. The molecule has 0 aliphatic heterocycles. The Bertz CT molecular complexity index is 561. The minimum absolute atomic E-state index is 0.103. The Morgan fingerprint density at radius 2 is 2.05 bits per heavy atom. The third kappa shape index (κ3) is 5.90. The molecule has 3 N–H and O–H groups in total. The number of alkyl halides is 3. The van der Waals surface area contributed by atoms with Crippen molar-refractivity contribution >= 4 is 10.0 Å². The Labute approximate surface area is 121 Å². The molecule has 1 unspecified atom stereocenters. The first-order chi connectivity index (χ1) is 9.68. The lowest BCUT2D eigenvalue weighted by Crippen LogP contribution is -2.40. The highest BCUT2D eigenvalue weighted by molar-refractivity contribution is 7.89. The Morgan fingerprint density at radius 1 is 1.38 bits per heavy atom. The van der Waals surface area contributed by atoms with Crippen LogP contribution in [0.2, 0.25) is 0 Å². The van der Waals surface area contributed by atoms with Gasteiger partial charge in [0.25, 0.3) is 0 Å². The molecule has 0 radical (unpaired) electrons. The van der Waals surface area contributed by atoms with Crippen molar-refractivity contribution in [2.45, 2.75) is 37.1 Å². The van der Waals surface area contributed by atoms with Gasteiger partial charge in [-0.05, 0) is 18.6 Å². The van der Waals surface area contributed by atoms with Gasteiger partial charge in [0.05, 0.1) is 4.90 Å². The summed E-state index contributed by atoms with van der Waals surface area (Å²) in [7, 11) is -3.95. The minimum Gasteiger partial charge on any atom is -0.406 e. The van der Waals surface area contributed by atoms with Crippen LogP contribution in [0.4, 0.5) is 13.2 Å². The SMILES string of the molecule is CCCC(CN)NS(=O)(=O)c1cccc(OC(F)(F)F)c1. The molecule has 0 amide bonds. The highest BCUT2D eigenvalue weighted by atomic mass is 32.2. The lowest BCUT2D eigenvalue weighted by Gasteiger charge is -2.16. The third-order valence-corrected chi connectivity index (χ3v) is 4.11. The average Bonchev–Trinajstić information content (AvgIpc) is 2.36. The molecule has 0 heterocycles. The molecule has 0 fully saturated rings. The first-order valence-corrected chi connectivity index (χ1v) is 7.74. The number of sulfonamides is 1. The van der Waals surface area contributed by atoms with Gasteiger partial charge < -0.3 is 10.5 Å². The van der Waals surface area contributed by atoms with Gasteiger partial charge in [0.15, 0.2) is 0 Å². The van der Waals surface area contributed by atoms with Gasteiger partial charge in [0, 0.05) is 18.7 Å². The van der Waals surface area contributed by atoms with E-state index in [-0.39, 0.29) is 11.4 Å². The van der Waals surface area contributed by atoms with Crippen molar-refractivity contribution in [1.29, 1.82) is 0 Å². The number of halogens is 3. The van der Waals surface area contributed by atoms with Crippen molar-refractivity contribution in [2.75, 3.05) is 6.54 Å². The Morgan fingerprint density at radius 3 is 2.57 bits per heavy atom. The normalized spacial score (nSPS) is 14.0. The largest absolute Gasteiger partial charge is 0.573 e. The fourth-order valence-corrected chi connectivity index (χ4v) is 3.02. The minimum atomic E-state index is -4.88. The van der Waals surface area contributed by atoms with Gasteiger partial charge in [0.2, 0.25) is 10.0 Å². The van der Waals surface area contributed by atoms with Crippen LogP contribution in [-0.4, -0.2) is 27.4 Å². The van der Waals surface area contributed by atoms with Crippen molar-refractivity contribution in [3.05, 3.63) is 24.3 Å². The fourth-order valence-electron chi connectivity index (χ4n) is 1.70. The van der Waals surface area contributed by atoms with E-state index in [0.717, 1.165) is 18.6 Å². The van der Waals surface area contributed by atoms with Gasteiger partial charge in [-0.15, -0.1) is 13.2 Å². The highest BCUT2D eigenvalue weighted by Gasteiger charge is 2.31. The number of benzene rings is 1. The fraction of sp³-hybridized carbons (Fsp3) is 0.500. The van der Waals surface area contributed by atoms with Crippen LogP contribution in [0, 0.1) is 0 Å². The summed E-state index contributed by atoms with van der Waals surface area (Å²) in [6.07, 6.45) is -3.62. The van der Waals surface area contributed by atoms with Crippen LogP contribution in [-0.2, 0) is 10.0 Å². The molecule has 9 heteroatoms. The third-order valence-electron chi connectivity index (χ3n) is 2.59. The summed E-state index contributed by atoms with van der Waals surface area (Å²) in [6.45, 7) is 1.97. The standard InChI is InChI=1S/C12H17F3N2O3S/c1-2-4-9(8-16)17-21(18,19)11-6-3-5-10(7-11)20-12(13,14)15/h3,5-7,9,17H,2,4,8,16H2,1H3. The predicted molar refractivity (Wildman–Crippen MR) is 71.2 cm³/mol. The summed E-state index contributed by atoms with van der Waals surface area (Å²) in [5.74, 6) is -0.592. The second-order valence-corrected chi connectivity index (χ2v) is 6.08. The molecule has 0 aliphatic rings. The highest BCUT2D eigenvalue weighted by Crippen LogP contribution is 2.25. The molecule has 120 valence electrons. The summed E-state index contributed by atoms with van der Waals surface area (Å²) in [4.78, 5) is -0.307. The van der Waals surface area contributed by atoms with E-state index in [2.05, 4.69) is 9.46 Å². The number of nitrogens with two attached hydrogens (primary N) is 1. The molecular formula is C12H17F3N2O3S. The zero-order chi connectivity index (χ0) is 16.1. The van der Waals surface area contributed by atoms with Crippen molar-refractivity contribution in [2.24, 2.45) is 5.73 Å². The predicted octanol–water partition coefficient (Wildman–Crippen LogP) is 1.99. The second-order valence-electron chi connectivity index (χ2n) is 4.37. The van der Waals surface area contributed by atoms with Crippen LogP contribution in [0.15, 0.2) is 29.2 Å². The van der Waals surface area contributed by atoms with Gasteiger partial charge in [-0.25, -0.2) is 13.1 Å². The molecule has 1 aromatic carbocycles. The van der Waals surface area contributed by atoms with Crippen LogP contribution >= 0.6 is 0 Å². The van der Waals surface area contributed by atoms with E-state index in [1.807, 2.05) is 6.92 Å². The van der Waals surface area contributed by atoms with E-state index in [1.165, 1.54) is 12.1 Å². The van der Waals surface area contributed by atoms with Crippen molar-refractivity contribution < 1.29 is 26.3 Å². The number of ether oxygens (including phenoxy) is 1. The van der Waals surface area contributed by atoms with Crippen LogP contribution in [0.1, 0.15) is 19.8 Å². The van der Waals surface area contributed by atoms with Gasteiger partial charge in [-0.3, -0.25) is 0 Å². The molecule has 0 bridgehead atoms. The zero-order valence-electron chi connectivity index (χ0n) is 11.4. The maximum absolute atomic E-state index is 12.1. The molecular weight excluding hydrogens is 309 g/mol. The molecule has 0 aromatic heterocycles. The van der Waals surface area contributed by atoms with Crippen LogP contribution in [0.5, 0.6) is 5.75 Å². The second kappa shape index (κ2) is 7.10. The summed E-state index contributed by atoms with van der Waals surface area (Å²) in [6, 6.07) is 3.74. The van der Waals surface area contributed by atoms with Crippen LogP contribution in [0.25, 0.3) is 0 Å². The molecule has 0 saturated heterocycles. The number of nitrogens with one attached hydrogen (secondary N) is 1. The summed E-state index contributed by atoms with van der Waals surface area (Å²) < 4.78 is 66.6. The number of rotatable bonds is 7. The monoisotopic (exact) mass is 326 g/mol. The van der Waals surface area contributed by atoms with E-state index in [4.69, 9.17) is 5.73 Å². The molecule has 5 nitrogen and oxygen atoms in total. The maximum Gasteiger partial charge on any atom is 0.573 e. The van der Waals surface area contributed by atoms with E-state index < -0.39 is 28.2 Å². The van der Waals surface area contributed by atoms with E-state index in [0.29, 0.717) is 6.42 Å². The number of hydrogen-bond acceptors (Lipinski definition) is 4. The lowest BCUT2D eigenvalue weighted by molar-refractivity contribution is -0.274. The Balaban J connectivity index is 2.95. The van der Waals surface area contributed by atoms with Crippen molar-refractivity contribution in [1.82, 2.24) is 4.72 Å². The Hall–Kier alpha value is -1.32. The molecule has 0 saturated carbocycles. The first kappa shape index (κ1) is 17.7. The number of hydrogen-bond donors (Lipinski definition) is 2. The molecule has 1 aromatic rings. The average molecular weight is 326 g/mol. The van der Waals surface area contributed by atoms with E-state index in [1.54, 1.807) is 0 Å². The first-order valence-electron chi connectivity index (χ1n) is 6.26. The molecule has 0 aliphatic carbocycles. The molecule has 1 rings (SSSR count). The quantitative estimate of drug-likeness (QED) is 0.803. The summed E-state index contributed by atoms with van der Waals surface area (Å²) in [5, 5.41) is 0. The summed E-state index contributed by atoms with van der Waals surface area (Å²) >= 11 is 0. The van der Waals surface area contributed by atoms with Gasteiger partial charge in [-0.1, -0.05) is 19.4 Å². The molecule has 0 spiro atoms. The van der Waals surface area contributed by atoms with Gasteiger partial charge in [-0.2, -0.15) is 0 Å². The Kier molecular flexibility index (Phi) is 5.99. The molecule has 1 atom stereocenters. The molecule has 21 heavy (non-hydrogen) atoms. The van der Waals surface area contributed by atoms with E-state index in [9.17, 15) is 21.6 Å². The van der Waals surface area contributed by atoms with Gasteiger partial charge in [0.1, 0.15) is 5.75 Å². The van der Waals surface area contributed by atoms with Gasteiger partial charge >= 0.3 is 6.36 Å². The zero-order valence-corrected chi connectivity index (χ0v) is 12.2. The lowest BCUT2D eigenvalue weighted by atomic mass is 10.2. The smallest absolute Gasteiger partial charge is 0.406 e. The topological polar surface area (TPSA) is 81.4 Å². The summed E-state index contributed by atoms with van der Waals surface area (Å²) in [5.41, 5.74) is 5.46. The van der Waals surface area contributed by atoms with Crippen molar-refractivity contribution in [3.63, 3.8) is 0 Å². The van der Waals surface area contributed by atoms with Crippen molar-refractivity contribution in [3.8, 4) is 5.75 Å². The van der Waals surface area contributed by atoms with Crippen LogP contribution < -0.4 is 15.2 Å². The van der Waals surface area contributed by atoms with Crippen LogP contribution in [0.3, 0.4) is 0 Å².